The van der Waals surface area contributed by atoms with Crippen molar-refractivity contribution in [2.45, 2.75) is 25.6 Å². The Morgan fingerprint density at radius 1 is 1.47 bits per heavy atom. The highest BCUT2D eigenvalue weighted by Crippen LogP contribution is 2.30. The molecule has 0 radical (unpaired) electrons. The first kappa shape index (κ1) is 11.9. The highest BCUT2D eigenvalue weighted by atomic mass is 16.2. The number of carbonyl (C=O) groups excluding carboxylic acids is 1. The molecule has 2 N–H and O–H groups in total. The van der Waals surface area contributed by atoms with Gasteiger partial charge in [0.15, 0.2) is 0 Å². The lowest BCUT2D eigenvalue weighted by molar-refractivity contribution is -0.117. The lowest BCUT2D eigenvalue weighted by atomic mass is 10.1. The molecule has 1 aliphatic heterocycles. The molecular formula is C14H16N4O. The first-order chi connectivity index (χ1) is 9.24. The first-order valence-electron chi connectivity index (χ1n) is 6.35. The number of rotatable bonds is 4. The Labute approximate surface area is 111 Å². The van der Waals surface area contributed by atoms with Crippen molar-refractivity contribution >= 4 is 11.6 Å². The monoisotopic (exact) mass is 256 g/mol. The minimum absolute atomic E-state index is 0.0127. The summed E-state index contributed by atoms with van der Waals surface area (Å²) in [5, 5.41) is 6.25. The van der Waals surface area contributed by atoms with Gasteiger partial charge in [-0.05, 0) is 13.0 Å². The average Bonchev–Trinajstić information content (AvgIpc) is 2.99. The molecule has 0 saturated carbocycles. The highest BCUT2D eigenvalue weighted by molar-refractivity contribution is 6.02. The zero-order chi connectivity index (χ0) is 13.2. The van der Waals surface area contributed by atoms with Crippen LogP contribution in [0.5, 0.6) is 0 Å². The van der Waals surface area contributed by atoms with Gasteiger partial charge in [0, 0.05) is 36.2 Å². The van der Waals surface area contributed by atoms with Gasteiger partial charge in [0.05, 0.1) is 6.33 Å². The Hall–Kier alpha value is -2.14. The predicted octanol–water partition coefficient (Wildman–Crippen LogP) is 1.55. The van der Waals surface area contributed by atoms with Crippen molar-refractivity contribution in [3.63, 3.8) is 0 Å². The zero-order valence-corrected chi connectivity index (χ0v) is 10.7. The van der Waals surface area contributed by atoms with Crippen LogP contribution in [0, 0.1) is 0 Å². The van der Waals surface area contributed by atoms with Crippen LogP contribution in [0.3, 0.4) is 0 Å². The van der Waals surface area contributed by atoms with E-state index in [4.69, 9.17) is 0 Å². The molecule has 1 amide bonds. The van der Waals surface area contributed by atoms with Gasteiger partial charge in [-0.1, -0.05) is 18.2 Å². The second kappa shape index (κ2) is 4.85. The normalized spacial score (nSPS) is 19.0. The SMILES string of the molecule is CC(Cn1ccnc1)NC1C(=O)Nc2ccccc21. The number of nitrogens with one attached hydrogen (secondary N) is 2. The molecule has 2 aromatic rings. The maximum atomic E-state index is 12.0. The van der Waals surface area contributed by atoms with E-state index in [-0.39, 0.29) is 18.0 Å². The molecular weight excluding hydrogens is 240 g/mol. The molecule has 0 saturated heterocycles. The molecule has 1 aliphatic rings. The summed E-state index contributed by atoms with van der Waals surface area (Å²) in [5.74, 6) is 0.0127. The lowest BCUT2D eigenvalue weighted by Crippen LogP contribution is -2.36. The Morgan fingerprint density at radius 2 is 2.32 bits per heavy atom. The van der Waals surface area contributed by atoms with Crippen LogP contribution in [-0.4, -0.2) is 21.5 Å². The van der Waals surface area contributed by atoms with Crippen LogP contribution >= 0.6 is 0 Å². The van der Waals surface area contributed by atoms with Crippen LogP contribution in [0.15, 0.2) is 43.0 Å². The molecule has 2 heterocycles. The van der Waals surface area contributed by atoms with E-state index in [0.717, 1.165) is 17.8 Å². The molecule has 1 aromatic carbocycles. The van der Waals surface area contributed by atoms with E-state index in [1.165, 1.54) is 0 Å². The van der Waals surface area contributed by atoms with Gasteiger partial charge in [-0.2, -0.15) is 0 Å². The lowest BCUT2D eigenvalue weighted by Gasteiger charge is -2.18. The Morgan fingerprint density at radius 3 is 3.11 bits per heavy atom. The summed E-state index contributed by atoms with van der Waals surface area (Å²) in [6.07, 6.45) is 5.45. The van der Waals surface area contributed by atoms with E-state index in [2.05, 4.69) is 22.5 Å². The molecule has 5 heteroatoms. The molecule has 3 rings (SSSR count). The first-order valence-corrected chi connectivity index (χ1v) is 6.35. The van der Waals surface area contributed by atoms with E-state index in [0.29, 0.717) is 0 Å². The van der Waals surface area contributed by atoms with Crippen molar-refractivity contribution in [3.8, 4) is 0 Å². The third-order valence-corrected chi connectivity index (χ3v) is 3.29. The second-order valence-corrected chi connectivity index (χ2v) is 4.84. The van der Waals surface area contributed by atoms with Gasteiger partial charge in [0.2, 0.25) is 5.91 Å². The average molecular weight is 256 g/mol. The standard InChI is InChI=1S/C14H16N4O/c1-10(8-18-7-6-15-9-18)16-13-11-4-2-3-5-12(11)17-14(13)19/h2-7,9-10,13,16H,8H2,1H3,(H,17,19). The Bertz CT molecular complexity index is 579. The smallest absolute Gasteiger partial charge is 0.246 e. The van der Waals surface area contributed by atoms with Gasteiger partial charge in [-0.15, -0.1) is 0 Å². The number of anilines is 1. The van der Waals surface area contributed by atoms with Crippen molar-refractivity contribution in [2.75, 3.05) is 5.32 Å². The Kier molecular flexibility index (Phi) is 3.05. The van der Waals surface area contributed by atoms with Crippen molar-refractivity contribution in [1.82, 2.24) is 14.9 Å². The van der Waals surface area contributed by atoms with Gasteiger partial charge >= 0.3 is 0 Å². The number of imidazole rings is 1. The quantitative estimate of drug-likeness (QED) is 0.872. The van der Waals surface area contributed by atoms with E-state index in [9.17, 15) is 4.79 Å². The van der Waals surface area contributed by atoms with Gasteiger partial charge in [-0.3, -0.25) is 10.1 Å². The van der Waals surface area contributed by atoms with Crippen LogP contribution < -0.4 is 10.6 Å². The maximum absolute atomic E-state index is 12.0. The van der Waals surface area contributed by atoms with Crippen LogP contribution in [0.4, 0.5) is 5.69 Å². The highest BCUT2D eigenvalue weighted by Gasteiger charge is 2.30. The predicted molar refractivity (Wildman–Crippen MR) is 72.6 cm³/mol. The van der Waals surface area contributed by atoms with Crippen molar-refractivity contribution in [3.05, 3.63) is 48.5 Å². The molecule has 1 aromatic heterocycles. The van der Waals surface area contributed by atoms with E-state index >= 15 is 0 Å². The minimum Gasteiger partial charge on any atom is -0.336 e. The van der Waals surface area contributed by atoms with Gasteiger partial charge < -0.3 is 9.88 Å². The number of para-hydroxylation sites is 1. The van der Waals surface area contributed by atoms with Crippen LogP contribution in [-0.2, 0) is 11.3 Å². The number of benzene rings is 1. The number of amides is 1. The molecule has 5 nitrogen and oxygen atoms in total. The number of fused-ring (bicyclic) bond motifs is 1. The molecule has 0 fully saturated rings. The van der Waals surface area contributed by atoms with Crippen LogP contribution in [0.2, 0.25) is 0 Å². The van der Waals surface area contributed by atoms with E-state index < -0.39 is 0 Å². The fourth-order valence-corrected chi connectivity index (χ4v) is 2.42. The summed E-state index contributed by atoms with van der Waals surface area (Å²) in [7, 11) is 0. The topological polar surface area (TPSA) is 59.0 Å². The molecule has 0 spiro atoms. The van der Waals surface area contributed by atoms with Crippen molar-refractivity contribution in [1.29, 1.82) is 0 Å². The van der Waals surface area contributed by atoms with Crippen molar-refractivity contribution in [2.24, 2.45) is 0 Å². The molecule has 98 valence electrons. The molecule has 19 heavy (non-hydrogen) atoms. The molecule has 2 atom stereocenters. The third kappa shape index (κ3) is 2.37. The van der Waals surface area contributed by atoms with E-state index in [1.54, 1.807) is 12.5 Å². The minimum atomic E-state index is -0.269. The third-order valence-electron chi connectivity index (χ3n) is 3.29. The number of aromatic nitrogens is 2. The summed E-state index contributed by atoms with van der Waals surface area (Å²) in [6.45, 7) is 2.85. The Balaban J connectivity index is 1.71. The second-order valence-electron chi connectivity index (χ2n) is 4.84. The maximum Gasteiger partial charge on any atom is 0.246 e. The number of hydrogen-bond acceptors (Lipinski definition) is 3. The molecule has 0 aliphatic carbocycles. The van der Waals surface area contributed by atoms with Gasteiger partial charge in [0.1, 0.15) is 6.04 Å². The fraction of sp³-hybridized carbons (Fsp3) is 0.286. The fourth-order valence-electron chi connectivity index (χ4n) is 2.42. The van der Waals surface area contributed by atoms with Crippen LogP contribution in [0.25, 0.3) is 0 Å². The largest absolute Gasteiger partial charge is 0.336 e. The van der Waals surface area contributed by atoms with E-state index in [1.807, 2.05) is 35.0 Å². The number of nitrogens with zero attached hydrogens (tertiary/aromatic N) is 2. The summed E-state index contributed by atoms with van der Waals surface area (Å²) in [4.78, 5) is 16.0. The number of hydrogen-bond donors (Lipinski definition) is 2. The van der Waals surface area contributed by atoms with Gasteiger partial charge in [-0.25, -0.2) is 4.98 Å². The summed E-state index contributed by atoms with van der Waals surface area (Å²) in [6, 6.07) is 7.69. The summed E-state index contributed by atoms with van der Waals surface area (Å²) >= 11 is 0. The summed E-state index contributed by atoms with van der Waals surface area (Å²) < 4.78 is 2.00. The molecule has 0 bridgehead atoms. The van der Waals surface area contributed by atoms with Crippen LogP contribution in [0.1, 0.15) is 18.5 Å². The molecule has 2 unspecified atom stereocenters. The van der Waals surface area contributed by atoms with Gasteiger partial charge in [0.25, 0.3) is 0 Å². The zero-order valence-electron chi connectivity index (χ0n) is 10.7. The number of carbonyl (C=O) groups is 1. The summed E-state index contributed by atoms with van der Waals surface area (Å²) in [5.41, 5.74) is 1.92. The van der Waals surface area contributed by atoms with Crippen molar-refractivity contribution < 1.29 is 4.79 Å².